The van der Waals surface area contributed by atoms with Crippen LogP contribution in [0.1, 0.15) is 25.0 Å². The van der Waals surface area contributed by atoms with Crippen LogP contribution in [0.5, 0.6) is 0 Å². The lowest BCUT2D eigenvalue weighted by Crippen LogP contribution is -2.74. The molecule has 4 aromatic heterocycles. The molecule has 0 N–H and O–H groups in total. The topological polar surface area (TPSA) is 35.1 Å². The summed E-state index contributed by atoms with van der Waals surface area (Å²) in [4.78, 5) is 12.6. The lowest BCUT2D eigenvalue weighted by Gasteiger charge is -2.35. The van der Waals surface area contributed by atoms with Crippen LogP contribution in [-0.4, -0.2) is 27.0 Å². The van der Waals surface area contributed by atoms with Crippen LogP contribution < -0.4 is 20.7 Å². The third kappa shape index (κ3) is 4.91. The summed E-state index contributed by atoms with van der Waals surface area (Å²) in [5.74, 6) is 0.913. The largest absolute Gasteiger partial charge is 0.299 e. The molecular formula is C53H38N4SSi. The average Bonchev–Trinajstić information content (AvgIpc) is 3.91. The van der Waals surface area contributed by atoms with Crippen LogP contribution in [0.3, 0.4) is 0 Å². The van der Waals surface area contributed by atoms with Crippen molar-refractivity contribution < 1.29 is 0 Å². The third-order valence-electron chi connectivity index (χ3n) is 12.8. The van der Waals surface area contributed by atoms with E-state index in [9.17, 15) is 0 Å². The second-order valence-electron chi connectivity index (χ2n) is 16.2. The number of benzene rings is 7. The first-order chi connectivity index (χ1) is 29.0. The van der Waals surface area contributed by atoms with Crippen molar-refractivity contribution in [2.75, 3.05) is 0 Å². The number of para-hydroxylation sites is 1. The molecule has 0 saturated heterocycles. The molecule has 0 amide bonds. The van der Waals surface area contributed by atoms with Crippen molar-refractivity contribution in [3.05, 3.63) is 206 Å². The second-order valence-corrected chi connectivity index (χ2v) is 21.1. The summed E-state index contributed by atoms with van der Waals surface area (Å²) >= 11 is 1.88. The molecule has 280 valence electrons. The van der Waals surface area contributed by atoms with Gasteiger partial charge in [0.05, 0.1) is 16.6 Å². The molecule has 7 aromatic carbocycles. The maximum absolute atomic E-state index is 5.01. The summed E-state index contributed by atoms with van der Waals surface area (Å²) in [7, 11) is -3.01. The molecule has 59 heavy (non-hydrogen) atoms. The van der Waals surface area contributed by atoms with E-state index >= 15 is 0 Å². The fraction of sp³-hybridized carbons (Fsp3) is 0.0566. The molecule has 0 radical (unpaired) electrons. The molecule has 0 fully saturated rings. The predicted octanol–water partition coefficient (Wildman–Crippen LogP) is 10.3. The summed E-state index contributed by atoms with van der Waals surface area (Å²) in [6.07, 6.45) is 5.92. The molecule has 1 aliphatic rings. The number of rotatable bonds is 5. The van der Waals surface area contributed by atoms with Crippen molar-refractivity contribution in [1.82, 2.24) is 18.9 Å². The summed E-state index contributed by atoms with van der Waals surface area (Å²) in [5, 5.41) is 11.4. The van der Waals surface area contributed by atoms with Crippen LogP contribution in [0, 0.1) is 0 Å². The number of fused-ring (bicyclic) bond motifs is 11. The quantitative estimate of drug-likeness (QED) is 0.0990. The van der Waals surface area contributed by atoms with E-state index in [4.69, 9.17) is 9.97 Å². The van der Waals surface area contributed by atoms with Gasteiger partial charge >= 0.3 is 0 Å². The molecule has 0 spiro atoms. The maximum atomic E-state index is 5.01. The Hall–Kier alpha value is -6.73. The highest BCUT2D eigenvalue weighted by molar-refractivity contribution is 7.99. The highest BCUT2D eigenvalue weighted by atomic mass is 32.2. The van der Waals surface area contributed by atoms with Gasteiger partial charge in [-0.05, 0) is 79.7 Å². The van der Waals surface area contributed by atoms with Crippen LogP contribution in [0.25, 0.3) is 54.9 Å². The fourth-order valence-electron chi connectivity index (χ4n) is 10.1. The first-order valence-electron chi connectivity index (χ1n) is 20.2. The van der Waals surface area contributed by atoms with Gasteiger partial charge in [0.25, 0.3) is 0 Å². The van der Waals surface area contributed by atoms with Crippen LogP contribution in [0.4, 0.5) is 0 Å². The first-order valence-corrected chi connectivity index (χ1v) is 23.0. The van der Waals surface area contributed by atoms with Gasteiger partial charge in [0.1, 0.15) is 11.5 Å². The van der Waals surface area contributed by atoms with Crippen molar-refractivity contribution in [2.45, 2.75) is 29.1 Å². The second kappa shape index (κ2) is 12.9. The van der Waals surface area contributed by atoms with E-state index in [-0.39, 0.29) is 5.41 Å². The fourth-order valence-corrected chi connectivity index (χ4v) is 16.3. The molecular weight excluding hydrogens is 753 g/mol. The summed E-state index contributed by atoms with van der Waals surface area (Å²) in [5.41, 5.74) is 7.06. The minimum Gasteiger partial charge on any atom is -0.299 e. The lowest BCUT2D eigenvalue weighted by molar-refractivity contribution is 0.608. The minimum absolute atomic E-state index is 0.144. The van der Waals surface area contributed by atoms with Crippen molar-refractivity contribution in [2.24, 2.45) is 0 Å². The van der Waals surface area contributed by atoms with E-state index in [2.05, 4.69) is 199 Å². The van der Waals surface area contributed by atoms with Crippen molar-refractivity contribution in [3.63, 3.8) is 0 Å². The monoisotopic (exact) mass is 790 g/mol. The average molecular weight is 791 g/mol. The number of aromatic nitrogens is 4. The Kier molecular flexibility index (Phi) is 7.50. The molecule has 1 aliphatic heterocycles. The molecule has 11 aromatic rings. The Morgan fingerprint density at radius 1 is 0.458 bits per heavy atom. The van der Waals surface area contributed by atoms with E-state index in [1.54, 1.807) is 0 Å². The standard InChI is InChI=1S/C53H38N4SSi/c1-53(2)44-20-10-12-22-49(44)58-50-34-48-42(33-45(50)53)41-27-25-38(32-47(41)57(48)51-23-13-14-28-54-51)59(35-15-5-3-6-16-35,36-17-7-4-8-18-36)37-24-26-39-40-19-9-11-21-46(40)56-30-29-55-52(56)43(39)31-37/h3-34H,1-2H3. The Morgan fingerprint density at radius 3 is 1.90 bits per heavy atom. The van der Waals surface area contributed by atoms with Gasteiger partial charge in [0.15, 0.2) is 8.07 Å². The van der Waals surface area contributed by atoms with E-state index in [0.29, 0.717) is 0 Å². The van der Waals surface area contributed by atoms with Crippen LogP contribution in [0.2, 0.25) is 0 Å². The molecule has 0 saturated carbocycles. The van der Waals surface area contributed by atoms with E-state index in [1.807, 2.05) is 30.2 Å². The van der Waals surface area contributed by atoms with Gasteiger partial charge < -0.3 is 0 Å². The predicted molar refractivity (Wildman–Crippen MR) is 249 cm³/mol. The van der Waals surface area contributed by atoms with Crippen LogP contribution in [-0.2, 0) is 5.41 Å². The molecule has 4 nitrogen and oxygen atoms in total. The Balaban J connectivity index is 1.20. The van der Waals surface area contributed by atoms with Gasteiger partial charge in [-0.1, -0.05) is 159 Å². The number of pyridine rings is 2. The van der Waals surface area contributed by atoms with Crippen LogP contribution in [0.15, 0.2) is 204 Å². The molecule has 0 bridgehead atoms. The zero-order valence-electron chi connectivity index (χ0n) is 32.7. The van der Waals surface area contributed by atoms with Crippen molar-refractivity contribution in [3.8, 4) is 5.82 Å². The van der Waals surface area contributed by atoms with Gasteiger partial charge in [-0.2, -0.15) is 0 Å². The highest BCUT2D eigenvalue weighted by Gasteiger charge is 2.42. The van der Waals surface area contributed by atoms with Gasteiger partial charge in [-0.3, -0.25) is 8.97 Å². The summed E-state index contributed by atoms with van der Waals surface area (Å²) in [6.45, 7) is 4.74. The van der Waals surface area contributed by atoms with E-state index in [1.165, 1.54) is 68.7 Å². The molecule has 0 unspecified atom stereocenters. The maximum Gasteiger partial charge on any atom is 0.179 e. The number of nitrogens with zero attached hydrogens (tertiary/aromatic N) is 4. The lowest BCUT2D eigenvalue weighted by atomic mass is 9.77. The molecule has 12 rings (SSSR count). The SMILES string of the molecule is CC1(C)c2ccccc2Sc2cc3c(cc21)c1ccc([Si](c2ccccc2)(c2ccccc2)c2ccc4c5ccccc5n5ccnc5c4c2)cc1n3-c1ccccn1. The zero-order valence-corrected chi connectivity index (χ0v) is 34.5. The third-order valence-corrected chi connectivity index (χ3v) is 18.7. The van der Waals surface area contributed by atoms with E-state index < -0.39 is 8.07 Å². The van der Waals surface area contributed by atoms with Gasteiger partial charge in [0, 0.05) is 55.3 Å². The Bertz CT molecular complexity index is 3410. The first kappa shape index (κ1) is 34.3. The highest BCUT2D eigenvalue weighted by Crippen LogP contribution is 2.51. The van der Waals surface area contributed by atoms with Crippen molar-refractivity contribution >= 4 is 89.7 Å². The van der Waals surface area contributed by atoms with E-state index in [0.717, 1.165) is 27.9 Å². The number of imidazole rings is 1. The molecule has 0 atom stereocenters. The number of hydrogen-bond donors (Lipinski definition) is 0. The zero-order chi connectivity index (χ0) is 39.3. The summed E-state index contributed by atoms with van der Waals surface area (Å²) < 4.78 is 4.64. The van der Waals surface area contributed by atoms with Crippen molar-refractivity contribution in [1.29, 1.82) is 0 Å². The van der Waals surface area contributed by atoms with Crippen LogP contribution >= 0.6 is 11.8 Å². The number of hydrogen-bond acceptors (Lipinski definition) is 3. The van der Waals surface area contributed by atoms with Gasteiger partial charge in [0.2, 0.25) is 0 Å². The Labute approximate surface area is 347 Å². The smallest absolute Gasteiger partial charge is 0.179 e. The normalized spacial score (nSPS) is 13.7. The summed E-state index contributed by atoms with van der Waals surface area (Å²) in [6, 6.07) is 65.7. The molecule has 0 aliphatic carbocycles. The van der Waals surface area contributed by atoms with Gasteiger partial charge in [-0.25, -0.2) is 9.97 Å². The Morgan fingerprint density at radius 2 is 1.12 bits per heavy atom. The molecule has 5 heterocycles. The van der Waals surface area contributed by atoms with Gasteiger partial charge in [-0.15, -0.1) is 0 Å². The minimum atomic E-state index is -3.01. The molecule has 6 heteroatoms.